The lowest BCUT2D eigenvalue weighted by Crippen LogP contribution is -2.27. The molecule has 1 aromatic rings. The van der Waals surface area contributed by atoms with Gasteiger partial charge in [-0.15, -0.1) is 0 Å². The Labute approximate surface area is 96.3 Å². The standard InChI is InChI=1S/C12H17N3O/c1-12(2,8-13)9-14-7-10-5-4-6-11(15-10)16-3/h4-6,14H,7,9H2,1-3H3. The second-order valence-electron chi connectivity index (χ2n) is 4.27. The minimum absolute atomic E-state index is 0.348. The van der Waals surface area contributed by atoms with Gasteiger partial charge >= 0.3 is 0 Å². The first kappa shape index (κ1) is 12.5. The smallest absolute Gasteiger partial charge is 0.213 e. The van der Waals surface area contributed by atoms with E-state index in [9.17, 15) is 0 Å². The first-order valence-corrected chi connectivity index (χ1v) is 5.19. The number of nitrogens with one attached hydrogen (secondary N) is 1. The molecule has 4 nitrogen and oxygen atoms in total. The van der Waals surface area contributed by atoms with Crippen LogP contribution in [0.5, 0.6) is 5.88 Å². The van der Waals surface area contributed by atoms with E-state index in [4.69, 9.17) is 10.00 Å². The predicted octanol–water partition coefficient (Wildman–Crippen LogP) is 1.73. The third-order valence-corrected chi connectivity index (χ3v) is 2.17. The van der Waals surface area contributed by atoms with Crippen LogP contribution < -0.4 is 10.1 Å². The first-order chi connectivity index (χ1) is 7.57. The highest BCUT2D eigenvalue weighted by atomic mass is 16.5. The van der Waals surface area contributed by atoms with Gasteiger partial charge in [-0.05, 0) is 19.9 Å². The van der Waals surface area contributed by atoms with Crippen molar-refractivity contribution in [2.45, 2.75) is 20.4 Å². The van der Waals surface area contributed by atoms with Gasteiger partial charge in [0, 0.05) is 19.2 Å². The zero-order valence-corrected chi connectivity index (χ0v) is 9.95. The van der Waals surface area contributed by atoms with E-state index in [-0.39, 0.29) is 5.41 Å². The predicted molar refractivity (Wildman–Crippen MR) is 61.9 cm³/mol. The van der Waals surface area contributed by atoms with Gasteiger partial charge in [0.05, 0.1) is 24.3 Å². The number of hydrogen-bond acceptors (Lipinski definition) is 4. The van der Waals surface area contributed by atoms with Gasteiger partial charge in [0.1, 0.15) is 0 Å². The summed E-state index contributed by atoms with van der Waals surface area (Å²) in [7, 11) is 1.60. The van der Waals surface area contributed by atoms with Crippen LogP contribution >= 0.6 is 0 Å². The van der Waals surface area contributed by atoms with Gasteiger partial charge in [-0.25, -0.2) is 4.98 Å². The molecule has 0 bridgehead atoms. The lowest BCUT2D eigenvalue weighted by molar-refractivity contribution is 0.394. The fourth-order valence-electron chi connectivity index (χ4n) is 1.21. The molecule has 0 radical (unpaired) electrons. The molecule has 0 atom stereocenters. The van der Waals surface area contributed by atoms with Gasteiger partial charge in [-0.1, -0.05) is 6.07 Å². The molecule has 1 N–H and O–H groups in total. The molecular formula is C12H17N3O. The first-order valence-electron chi connectivity index (χ1n) is 5.19. The van der Waals surface area contributed by atoms with Crippen molar-refractivity contribution in [1.29, 1.82) is 5.26 Å². The SMILES string of the molecule is COc1cccc(CNCC(C)(C)C#N)n1. The van der Waals surface area contributed by atoms with Gasteiger partial charge in [-0.2, -0.15) is 5.26 Å². The van der Waals surface area contributed by atoms with Crippen molar-refractivity contribution in [3.05, 3.63) is 23.9 Å². The molecular weight excluding hydrogens is 202 g/mol. The molecule has 0 aliphatic rings. The van der Waals surface area contributed by atoms with Gasteiger partial charge in [0.2, 0.25) is 5.88 Å². The molecule has 86 valence electrons. The molecule has 0 saturated heterocycles. The van der Waals surface area contributed by atoms with Crippen molar-refractivity contribution >= 4 is 0 Å². The van der Waals surface area contributed by atoms with E-state index in [2.05, 4.69) is 16.4 Å². The van der Waals surface area contributed by atoms with Crippen molar-refractivity contribution < 1.29 is 4.74 Å². The lowest BCUT2D eigenvalue weighted by Gasteiger charge is -2.15. The number of rotatable bonds is 5. The van der Waals surface area contributed by atoms with Gasteiger partial charge in [-0.3, -0.25) is 0 Å². The summed E-state index contributed by atoms with van der Waals surface area (Å²) >= 11 is 0. The van der Waals surface area contributed by atoms with E-state index >= 15 is 0 Å². The highest BCUT2D eigenvalue weighted by Crippen LogP contribution is 2.11. The highest BCUT2D eigenvalue weighted by Gasteiger charge is 2.15. The molecule has 0 aliphatic heterocycles. The molecule has 0 amide bonds. The van der Waals surface area contributed by atoms with Gasteiger partial charge in [0.15, 0.2) is 0 Å². The van der Waals surface area contributed by atoms with Crippen LogP contribution in [0.25, 0.3) is 0 Å². The van der Waals surface area contributed by atoms with Crippen LogP contribution in [0.1, 0.15) is 19.5 Å². The molecule has 1 aromatic heterocycles. The Morgan fingerprint density at radius 1 is 1.50 bits per heavy atom. The third-order valence-electron chi connectivity index (χ3n) is 2.17. The summed E-state index contributed by atoms with van der Waals surface area (Å²) in [5.41, 5.74) is 0.562. The second-order valence-corrected chi connectivity index (χ2v) is 4.27. The normalized spacial score (nSPS) is 10.9. The Morgan fingerprint density at radius 2 is 2.25 bits per heavy atom. The van der Waals surface area contributed by atoms with E-state index in [1.165, 1.54) is 0 Å². The lowest BCUT2D eigenvalue weighted by atomic mass is 9.96. The monoisotopic (exact) mass is 219 g/mol. The van der Waals surface area contributed by atoms with Crippen LogP contribution in [-0.4, -0.2) is 18.6 Å². The Bertz CT molecular complexity index is 382. The summed E-state index contributed by atoms with van der Waals surface area (Å²) in [5.74, 6) is 0.610. The Balaban J connectivity index is 2.46. The summed E-state index contributed by atoms with van der Waals surface area (Å²) in [6, 6.07) is 7.88. The van der Waals surface area contributed by atoms with Crippen LogP contribution in [0, 0.1) is 16.7 Å². The summed E-state index contributed by atoms with van der Waals surface area (Å²) in [4.78, 5) is 4.27. The number of methoxy groups -OCH3 is 1. The fraction of sp³-hybridized carbons (Fsp3) is 0.500. The number of aromatic nitrogens is 1. The number of nitriles is 1. The molecule has 0 aromatic carbocycles. The largest absolute Gasteiger partial charge is 0.481 e. The van der Waals surface area contributed by atoms with Crippen molar-refractivity contribution in [2.75, 3.05) is 13.7 Å². The molecule has 0 spiro atoms. The van der Waals surface area contributed by atoms with E-state index in [1.54, 1.807) is 7.11 Å². The quantitative estimate of drug-likeness (QED) is 0.819. The summed E-state index contributed by atoms with van der Waals surface area (Å²) in [6.07, 6.45) is 0. The molecule has 0 unspecified atom stereocenters. The van der Waals surface area contributed by atoms with E-state index in [0.29, 0.717) is 19.0 Å². The highest BCUT2D eigenvalue weighted by molar-refractivity contribution is 5.15. The maximum absolute atomic E-state index is 8.85. The summed E-state index contributed by atoms with van der Waals surface area (Å²) in [5, 5.41) is 12.1. The van der Waals surface area contributed by atoms with Crippen molar-refractivity contribution in [3.8, 4) is 11.9 Å². The molecule has 1 rings (SSSR count). The zero-order chi connectivity index (χ0) is 12.0. The number of nitrogens with zero attached hydrogens (tertiary/aromatic N) is 2. The summed E-state index contributed by atoms with van der Waals surface area (Å²) < 4.78 is 5.03. The maximum atomic E-state index is 8.85. The Kier molecular flexibility index (Phi) is 4.27. The molecule has 16 heavy (non-hydrogen) atoms. The average Bonchev–Trinajstić information content (AvgIpc) is 2.29. The minimum Gasteiger partial charge on any atom is -0.481 e. The fourth-order valence-corrected chi connectivity index (χ4v) is 1.21. The van der Waals surface area contributed by atoms with Crippen LogP contribution in [0.15, 0.2) is 18.2 Å². The molecule has 1 heterocycles. The number of hydrogen-bond donors (Lipinski definition) is 1. The summed E-state index contributed by atoms with van der Waals surface area (Å²) in [6.45, 7) is 5.09. The maximum Gasteiger partial charge on any atom is 0.213 e. The topological polar surface area (TPSA) is 57.9 Å². The minimum atomic E-state index is -0.348. The number of pyridine rings is 1. The third kappa shape index (κ3) is 3.87. The van der Waals surface area contributed by atoms with Gasteiger partial charge in [0.25, 0.3) is 0 Å². The Morgan fingerprint density at radius 3 is 2.88 bits per heavy atom. The van der Waals surface area contributed by atoms with E-state index < -0.39 is 0 Å². The molecule has 4 heteroatoms. The van der Waals surface area contributed by atoms with Crippen LogP contribution in [0.3, 0.4) is 0 Å². The van der Waals surface area contributed by atoms with Crippen LogP contribution in [0.4, 0.5) is 0 Å². The van der Waals surface area contributed by atoms with E-state index in [1.807, 2.05) is 32.0 Å². The van der Waals surface area contributed by atoms with Crippen LogP contribution in [0.2, 0.25) is 0 Å². The molecule has 0 fully saturated rings. The van der Waals surface area contributed by atoms with Crippen LogP contribution in [-0.2, 0) is 6.54 Å². The molecule has 0 saturated carbocycles. The Hall–Kier alpha value is -1.60. The second kappa shape index (κ2) is 5.47. The number of ether oxygens (including phenoxy) is 1. The van der Waals surface area contributed by atoms with Gasteiger partial charge < -0.3 is 10.1 Å². The van der Waals surface area contributed by atoms with Crippen molar-refractivity contribution in [3.63, 3.8) is 0 Å². The zero-order valence-electron chi connectivity index (χ0n) is 9.95. The molecule has 0 aliphatic carbocycles. The average molecular weight is 219 g/mol. The van der Waals surface area contributed by atoms with Crippen molar-refractivity contribution in [2.24, 2.45) is 5.41 Å². The van der Waals surface area contributed by atoms with Crippen molar-refractivity contribution in [1.82, 2.24) is 10.3 Å². The van der Waals surface area contributed by atoms with E-state index in [0.717, 1.165) is 5.69 Å².